The van der Waals surface area contributed by atoms with Crippen LogP contribution in [0.4, 0.5) is 0 Å². The van der Waals surface area contributed by atoms with Gasteiger partial charge in [0.1, 0.15) is 0 Å². The fourth-order valence-corrected chi connectivity index (χ4v) is 4.30. The van der Waals surface area contributed by atoms with Gasteiger partial charge < -0.3 is 0 Å². The average molecular weight is 279 g/mol. The number of rotatable bonds is 3. The summed E-state index contributed by atoms with van der Waals surface area (Å²) in [5.41, 5.74) is 2.63. The van der Waals surface area contributed by atoms with Crippen LogP contribution in [0.15, 0.2) is 54.6 Å². The van der Waals surface area contributed by atoms with Crippen molar-refractivity contribution >= 4 is 21.6 Å². The number of hydrogen-bond acceptors (Lipinski definition) is 2. The van der Waals surface area contributed by atoms with E-state index in [2.05, 4.69) is 54.6 Å². The van der Waals surface area contributed by atoms with Crippen molar-refractivity contribution in [2.45, 2.75) is 25.2 Å². The molecule has 2 atom stereocenters. The van der Waals surface area contributed by atoms with Gasteiger partial charge >= 0.3 is 0 Å². The molecular formula is C18H17NS. The zero-order valence-electron chi connectivity index (χ0n) is 11.3. The fourth-order valence-electron chi connectivity index (χ4n) is 3.10. The molecule has 0 radical (unpaired) electrons. The Kier molecular flexibility index (Phi) is 3.04. The summed E-state index contributed by atoms with van der Waals surface area (Å²) in [4.78, 5) is 4.85. The Morgan fingerprint density at radius 3 is 2.50 bits per heavy atom. The lowest BCUT2D eigenvalue weighted by Gasteiger charge is -2.35. The average Bonchev–Trinajstić information content (AvgIpc) is 2.87. The minimum atomic E-state index is 0.674. The van der Waals surface area contributed by atoms with Crippen LogP contribution in [-0.2, 0) is 6.42 Å². The van der Waals surface area contributed by atoms with Crippen molar-refractivity contribution in [2.75, 3.05) is 0 Å². The first-order valence-corrected chi connectivity index (χ1v) is 8.11. The number of hydrogen-bond donors (Lipinski definition) is 0. The van der Waals surface area contributed by atoms with Gasteiger partial charge in [0.2, 0.25) is 0 Å². The third-order valence-electron chi connectivity index (χ3n) is 4.39. The normalized spacial score (nSPS) is 21.8. The molecule has 1 nitrogen and oxygen atoms in total. The Bertz CT molecular complexity index is 683. The maximum Gasteiger partial charge on any atom is 0.0972 e. The third-order valence-corrected chi connectivity index (χ3v) is 5.55. The van der Waals surface area contributed by atoms with Gasteiger partial charge in [-0.05, 0) is 42.9 Å². The highest BCUT2D eigenvalue weighted by molar-refractivity contribution is 7.18. The predicted octanol–water partition coefficient (Wildman–Crippen LogP) is 5.03. The van der Waals surface area contributed by atoms with Crippen molar-refractivity contribution in [3.05, 3.63) is 65.2 Å². The van der Waals surface area contributed by atoms with E-state index in [1.54, 1.807) is 0 Å². The molecule has 1 aliphatic rings. The largest absolute Gasteiger partial charge is 0.241 e. The first kappa shape index (κ1) is 12.1. The molecule has 2 unspecified atom stereocenters. The SMILES string of the molecule is c1ccc(CC2CCC2c2nc3ccccc3s2)cc1. The Labute approximate surface area is 123 Å². The molecule has 20 heavy (non-hydrogen) atoms. The number of fused-ring (bicyclic) bond motifs is 1. The molecule has 1 aromatic heterocycles. The molecular weight excluding hydrogens is 262 g/mol. The monoisotopic (exact) mass is 279 g/mol. The smallest absolute Gasteiger partial charge is 0.0972 e. The Morgan fingerprint density at radius 2 is 1.75 bits per heavy atom. The number of benzene rings is 2. The summed E-state index contributed by atoms with van der Waals surface area (Å²) in [7, 11) is 0. The van der Waals surface area contributed by atoms with Crippen molar-refractivity contribution in [2.24, 2.45) is 5.92 Å². The molecule has 2 heteroatoms. The third kappa shape index (κ3) is 2.14. The molecule has 1 heterocycles. The molecule has 0 spiro atoms. The molecule has 100 valence electrons. The summed E-state index contributed by atoms with van der Waals surface area (Å²) in [5.74, 6) is 1.45. The lowest BCUT2D eigenvalue weighted by atomic mass is 9.71. The molecule has 0 bridgehead atoms. The van der Waals surface area contributed by atoms with Gasteiger partial charge in [0.25, 0.3) is 0 Å². The molecule has 1 aliphatic carbocycles. The first-order valence-electron chi connectivity index (χ1n) is 7.29. The van der Waals surface area contributed by atoms with Crippen LogP contribution in [-0.4, -0.2) is 4.98 Å². The number of aromatic nitrogens is 1. The van der Waals surface area contributed by atoms with Crippen LogP contribution in [0.25, 0.3) is 10.2 Å². The minimum absolute atomic E-state index is 0.674. The van der Waals surface area contributed by atoms with E-state index >= 15 is 0 Å². The molecule has 2 aromatic carbocycles. The molecule has 0 aliphatic heterocycles. The van der Waals surface area contributed by atoms with Crippen molar-refractivity contribution in [1.82, 2.24) is 4.98 Å². The van der Waals surface area contributed by atoms with Crippen LogP contribution in [0, 0.1) is 5.92 Å². The van der Waals surface area contributed by atoms with Gasteiger partial charge in [0, 0.05) is 5.92 Å². The van der Waals surface area contributed by atoms with Crippen LogP contribution < -0.4 is 0 Å². The second-order valence-corrected chi connectivity index (χ2v) is 6.72. The summed E-state index contributed by atoms with van der Waals surface area (Å²) in [6.07, 6.45) is 3.84. The van der Waals surface area contributed by atoms with Crippen molar-refractivity contribution in [3.63, 3.8) is 0 Å². The van der Waals surface area contributed by atoms with Crippen LogP contribution >= 0.6 is 11.3 Å². The van der Waals surface area contributed by atoms with Gasteiger partial charge in [-0.1, -0.05) is 42.5 Å². The van der Waals surface area contributed by atoms with E-state index in [9.17, 15) is 0 Å². The van der Waals surface area contributed by atoms with Gasteiger partial charge in [-0.3, -0.25) is 0 Å². The molecule has 4 rings (SSSR count). The van der Waals surface area contributed by atoms with E-state index in [1.807, 2.05) is 11.3 Å². The predicted molar refractivity (Wildman–Crippen MR) is 85.2 cm³/mol. The second kappa shape index (κ2) is 5.02. The van der Waals surface area contributed by atoms with Crippen LogP contribution in [0.1, 0.15) is 29.3 Å². The van der Waals surface area contributed by atoms with Crippen molar-refractivity contribution in [1.29, 1.82) is 0 Å². The number of para-hydroxylation sites is 1. The topological polar surface area (TPSA) is 12.9 Å². The maximum absolute atomic E-state index is 4.85. The zero-order chi connectivity index (χ0) is 13.4. The quantitative estimate of drug-likeness (QED) is 0.655. The number of nitrogens with zero attached hydrogens (tertiary/aromatic N) is 1. The number of thiazole rings is 1. The Morgan fingerprint density at radius 1 is 0.950 bits per heavy atom. The highest BCUT2D eigenvalue weighted by Gasteiger charge is 2.34. The van der Waals surface area contributed by atoms with Gasteiger partial charge in [0.05, 0.1) is 15.2 Å². The maximum atomic E-state index is 4.85. The van der Waals surface area contributed by atoms with Crippen LogP contribution in [0.5, 0.6) is 0 Å². The molecule has 0 N–H and O–H groups in total. The molecule has 1 saturated carbocycles. The van der Waals surface area contributed by atoms with E-state index in [0.717, 1.165) is 11.4 Å². The highest BCUT2D eigenvalue weighted by atomic mass is 32.1. The summed E-state index contributed by atoms with van der Waals surface area (Å²) >= 11 is 1.88. The molecule has 1 fully saturated rings. The second-order valence-electron chi connectivity index (χ2n) is 5.65. The van der Waals surface area contributed by atoms with Gasteiger partial charge in [-0.15, -0.1) is 11.3 Å². The summed E-state index contributed by atoms with van der Waals surface area (Å²) in [6, 6.07) is 19.3. The van der Waals surface area contributed by atoms with Gasteiger partial charge in [-0.2, -0.15) is 0 Å². The van der Waals surface area contributed by atoms with Gasteiger partial charge in [0.15, 0.2) is 0 Å². The first-order chi connectivity index (χ1) is 9.90. The lowest BCUT2D eigenvalue weighted by Crippen LogP contribution is -2.25. The fraction of sp³-hybridized carbons (Fsp3) is 0.278. The van der Waals surface area contributed by atoms with E-state index < -0.39 is 0 Å². The molecule has 0 amide bonds. The van der Waals surface area contributed by atoms with Crippen molar-refractivity contribution in [3.8, 4) is 0 Å². The summed E-state index contributed by atoms with van der Waals surface area (Å²) in [6.45, 7) is 0. The minimum Gasteiger partial charge on any atom is -0.241 e. The summed E-state index contributed by atoms with van der Waals surface area (Å²) in [5, 5.41) is 1.35. The molecule has 3 aromatic rings. The Hall–Kier alpha value is -1.67. The van der Waals surface area contributed by atoms with Crippen LogP contribution in [0.3, 0.4) is 0 Å². The standard InChI is InChI=1S/C18H17NS/c1-2-6-13(7-3-1)12-14-10-11-15(14)18-19-16-8-4-5-9-17(16)20-18/h1-9,14-15H,10-12H2. The molecule has 0 saturated heterocycles. The van der Waals surface area contributed by atoms with E-state index in [4.69, 9.17) is 4.98 Å². The van der Waals surface area contributed by atoms with E-state index in [1.165, 1.54) is 34.5 Å². The van der Waals surface area contributed by atoms with E-state index in [-0.39, 0.29) is 0 Å². The zero-order valence-corrected chi connectivity index (χ0v) is 12.1. The van der Waals surface area contributed by atoms with Crippen LogP contribution in [0.2, 0.25) is 0 Å². The van der Waals surface area contributed by atoms with Crippen molar-refractivity contribution < 1.29 is 0 Å². The lowest BCUT2D eigenvalue weighted by molar-refractivity contribution is 0.253. The Balaban J connectivity index is 1.56. The van der Waals surface area contributed by atoms with Gasteiger partial charge in [-0.25, -0.2) is 4.98 Å². The highest BCUT2D eigenvalue weighted by Crippen LogP contribution is 2.46. The van der Waals surface area contributed by atoms with E-state index in [0.29, 0.717) is 5.92 Å². The summed E-state index contributed by atoms with van der Waals surface area (Å²) < 4.78 is 1.33.